The normalized spacial score (nSPS) is 11.6. The van der Waals surface area contributed by atoms with Crippen LogP contribution in [-0.4, -0.2) is 11.3 Å². The van der Waals surface area contributed by atoms with Crippen molar-refractivity contribution in [1.29, 1.82) is 0 Å². The van der Waals surface area contributed by atoms with E-state index >= 15 is 0 Å². The molecule has 9 heteroatoms. The Hall–Kier alpha value is -1.96. The molecule has 0 N–H and O–H groups in total. The third-order valence-electron chi connectivity index (χ3n) is 2.35. The second-order valence-corrected chi connectivity index (χ2v) is 4.15. The summed E-state index contributed by atoms with van der Waals surface area (Å²) in [5.74, 6) is -5.50. The molecular formula is C12H4ClF6NO. The van der Waals surface area contributed by atoms with E-state index in [4.69, 9.17) is 11.6 Å². The molecule has 0 fully saturated rings. The topological polar surface area (TPSA) is 22.1 Å². The molecule has 0 saturated carbocycles. The van der Waals surface area contributed by atoms with Crippen molar-refractivity contribution in [3.8, 4) is 16.9 Å². The number of alkyl halides is 3. The van der Waals surface area contributed by atoms with E-state index in [2.05, 4.69) is 9.72 Å². The quantitative estimate of drug-likeness (QED) is 0.588. The number of aromatic nitrogens is 1. The van der Waals surface area contributed by atoms with Crippen LogP contribution in [0.15, 0.2) is 24.3 Å². The van der Waals surface area contributed by atoms with Gasteiger partial charge in [0.2, 0.25) is 5.95 Å². The zero-order valence-corrected chi connectivity index (χ0v) is 10.6. The molecule has 21 heavy (non-hydrogen) atoms. The van der Waals surface area contributed by atoms with Gasteiger partial charge in [-0.25, -0.2) is 4.39 Å². The first-order valence-corrected chi connectivity index (χ1v) is 5.63. The molecule has 0 spiro atoms. The molecule has 0 radical (unpaired) electrons. The lowest BCUT2D eigenvalue weighted by Crippen LogP contribution is -2.17. The molecule has 1 aromatic heterocycles. The molecule has 0 bridgehead atoms. The largest absolute Gasteiger partial charge is 0.573 e. The molecule has 2 rings (SSSR count). The second kappa shape index (κ2) is 5.44. The summed E-state index contributed by atoms with van der Waals surface area (Å²) in [5, 5.41) is -0.849. The van der Waals surface area contributed by atoms with Gasteiger partial charge in [0.1, 0.15) is 10.8 Å². The van der Waals surface area contributed by atoms with E-state index in [0.717, 1.165) is 24.3 Å². The molecule has 0 amide bonds. The number of hydrogen-bond donors (Lipinski definition) is 0. The van der Waals surface area contributed by atoms with Crippen molar-refractivity contribution in [1.82, 2.24) is 4.98 Å². The highest BCUT2D eigenvalue weighted by atomic mass is 35.5. The zero-order chi connectivity index (χ0) is 15.8. The highest BCUT2D eigenvalue weighted by Crippen LogP contribution is 2.35. The zero-order valence-electron chi connectivity index (χ0n) is 9.81. The van der Waals surface area contributed by atoms with Gasteiger partial charge in [-0.2, -0.15) is 13.8 Å². The van der Waals surface area contributed by atoms with Gasteiger partial charge in [0, 0.05) is 5.56 Å². The van der Waals surface area contributed by atoms with Gasteiger partial charge in [-0.05, 0) is 17.7 Å². The molecular weight excluding hydrogens is 324 g/mol. The Morgan fingerprint density at radius 1 is 1.05 bits per heavy atom. The van der Waals surface area contributed by atoms with Gasteiger partial charge in [0.05, 0.1) is 0 Å². The minimum atomic E-state index is -4.96. The van der Waals surface area contributed by atoms with Crippen molar-refractivity contribution in [2.75, 3.05) is 0 Å². The van der Waals surface area contributed by atoms with E-state index in [-0.39, 0.29) is 5.56 Å². The SMILES string of the molecule is Fc1nc(F)c(Cl)c(-c2cccc(OC(F)(F)F)c2)c1F. The van der Waals surface area contributed by atoms with Crippen LogP contribution in [-0.2, 0) is 0 Å². The summed E-state index contributed by atoms with van der Waals surface area (Å²) in [6.45, 7) is 0. The highest BCUT2D eigenvalue weighted by Gasteiger charge is 2.31. The van der Waals surface area contributed by atoms with Gasteiger partial charge in [0.25, 0.3) is 5.95 Å². The lowest BCUT2D eigenvalue weighted by Gasteiger charge is -2.11. The lowest BCUT2D eigenvalue weighted by molar-refractivity contribution is -0.274. The third-order valence-corrected chi connectivity index (χ3v) is 2.70. The third kappa shape index (κ3) is 3.38. The van der Waals surface area contributed by atoms with Crippen molar-refractivity contribution in [2.24, 2.45) is 0 Å². The van der Waals surface area contributed by atoms with E-state index in [1.807, 2.05) is 0 Å². The number of nitrogens with zero attached hydrogens (tertiary/aromatic N) is 1. The number of ether oxygens (including phenoxy) is 1. The predicted molar refractivity (Wildman–Crippen MR) is 61.2 cm³/mol. The van der Waals surface area contributed by atoms with Crippen molar-refractivity contribution in [3.63, 3.8) is 0 Å². The number of benzene rings is 1. The lowest BCUT2D eigenvalue weighted by atomic mass is 10.1. The maximum Gasteiger partial charge on any atom is 0.573 e. The van der Waals surface area contributed by atoms with Crippen LogP contribution in [0.1, 0.15) is 0 Å². The standard InChI is InChI=1S/C12H4ClF6NO/c13-8-7(9(14)11(16)20-10(8)15)5-2-1-3-6(4-5)21-12(17,18)19/h1-4H. The number of hydrogen-bond acceptors (Lipinski definition) is 2. The molecule has 1 heterocycles. The summed E-state index contributed by atoms with van der Waals surface area (Å²) in [7, 11) is 0. The maximum atomic E-state index is 13.6. The molecule has 0 aliphatic heterocycles. The first-order valence-electron chi connectivity index (χ1n) is 5.25. The Morgan fingerprint density at radius 3 is 2.33 bits per heavy atom. The molecule has 0 aliphatic carbocycles. The molecule has 0 aliphatic rings. The number of pyridine rings is 1. The summed E-state index contributed by atoms with van der Waals surface area (Å²) in [6.07, 6.45) is -4.96. The van der Waals surface area contributed by atoms with Crippen LogP contribution in [0, 0.1) is 17.7 Å². The summed E-state index contributed by atoms with van der Waals surface area (Å²) in [4.78, 5) is 2.59. The van der Waals surface area contributed by atoms with Gasteiger partial charge in [0.15, 0.2) is 5.82 Å². The Morgan fingerprint density at radius 2 is 1.71 bits per heavy atom. The summed E-state index contributed by atoms with van der Waals surface area (Å²) >= 11 is 5.48. The van der Waals surface area contributed by atoms with E-state index in [1.54, 1.807) is 0 Å². The molecule has 0 unspecified atom stereocenters. The van der Waals surface area contributed by atoms with Gasteiger partial charge in [-0.3, -0.25) is 0 Å². The molecule has 1 aromatic carbocycles. The van der Waals surface area contributed by atoms with Crippen LogP contribution in [0.4, 0.5) is 26.3 Å². The fraction of sp³-hybridized carbons (Fsp3) is 0.0833. The van der Waals surface area contributed by atoms with Crippen molar-refractivity contribution in [3.05, 3.63) is 47.0 Å². The van der Waals surface area contributed by atoms with Crippen LogP contribution in [0.3, 0.4) is 0 Å². The van der Waals surface area contributed by atoms with Crippen LogP contribution in [0.5, 0.6) is 5.75 Å². The first-order chi connectivity index (χ1) is 9.69. The van der Waals surface area contributed by atoms with Gasteiger partial charge >= 0.3 is 6.36 Å². The Labute approximate surface area is 118 Å². The minimum Gasteiger partial charge on any atom is -0.406 e. The monoisotopic (exact) mass is 327 g/mol. The van der Waals surface area contributed by atoms with Gasteiger partial charge < -0.3 is 4.74 Å². The summed E-state index contributed by atoms with van der Waals surface area (Å²) < 4.78 is 79.9. The van der Waals surface area contributed by atoms with Crippen LogP contribution >= 0.6 is 11.6 Å². The first kappa shape index (κ1) is 15.4. The average Bonchev–Trinajstić information content (AvgIpc) is 2.35. The van der Waals surface area contributed by atoms with Crippen LogP contribution < -0.4 is 4.74 Å². The smallest absolute Gasteiger partial charge is 0.406 e. The fourth-order valence-electron chi connectivity index (χ4n) is 1.59. The molecule has 112 valence electrons. The molecule has 2 nitrogen and oxygen atoms in total. The van der Waals surface area contributed by atoms with Crippen molar-refractivity contribution >= 4 is 11.6 Å². The Balaban J connectivity index is 2.56. The van der Waals surface area contributed by atoms with E-state index in [0.29, 0.717) is 0 Å². The number of rotatable bonds is 2. The second-order valence-electron chi connectivity index (χ2n) is 3.77. The number of halogens is 7. The average molecular weight is 328 g/mol. The summed E-state index contributed by atoms with van der Waals surface area (Å²) in [6, 6.07) is 3.89. The Kier molecular flexibility index (Phi) is 3.99. The molecule has 0 saturated heterocycles. The van der Waals surface area contributed by atoms with E-state index < -0.39 is 40.4 Å². The molecule has 0 atom stereocenters. The fourth-order valence-corrected chi connectivity index (χ4v) is 1.82. The van der Waals surface area contributed by atoms with Gasteiger partial charge in [-0.1, -0.05) is 23.7 Å². The Bertz CT molecular complexity index is 662. The van der Waals surface area contributed by atoms with Gasteiger partial charge in [-0.15, -0.1) is 13.2 Å². The molecule has 2 aromatic rings. The minimum absolute atomic E-state index is 0.292. The highest BCUT2D eigenvalue weighted by molar-refractivity contribution is 6.33. The maximum absolute atomic E-state index is 13.6. The van der Waals surface area contributed by atoms with Crippen LogP contribution in [0.25, 0.3) is 11.1 Å². The van der Waals surface area contributed by atoms with E-state index in [9.17, 15) is 26.3 Å². The summed E-state index contributed by atoms with van der Waals surface area (Å²) in [5.41, 5.74) is -1.03. The van der Waals surface area contributed by atoms with E-state index in [1.165, 1.54) is 0 Å². The van der Waals surface area contributed by atoms with Crippen molar-refractivity contribution < 1.29 is 31.1 Å². The van der Waals surface area contributed by atoms with Crippen LogP contribution in [0.2, 0.25) is 5.02 Å². The van der Waals surface area contributed by atoms with Crippen molar-refractivity contribution in [2.45, 2.75) is 6.36 Å². The predicted octanol–water partition coefficient (Wildman–Crippen LogP) is 4.72.